The molecule has 0 bridgehead atoms. The summed E-state index contributed by atoms with van der Waals surface area (Å²) >= 11 is 0. The zero-order valence-corrected chi connectivity index (χ0v) is 20.7. The van der Waals surface area contributed by atoms with Gasteiger partial charge in [-0.25, -0.2) is 13.1 Å². The molecule has 182 valence electrons. The van der Waals surface area contributed by atoms with Gasteiger partial charge in [0, 0.05) is 49.5 Å². The molecule has 0 aliphatic carbocycles. The van der Waals surface area contributed by atoms with Crippen LogP contribution in [0.2, 0.25) is 0 Å². The van der Waals surface area contributed by atoms with Crippen molar-refractivity contribution >= 4 is 27.4 Å². The highest BCUT2D eigenvalue weighted by Crippen LogP contribution is 2.21. The van der Waals surface area contributed by atoms with Crippen LogP contribution in [-0.4, -0.2) is 51.2 Å². The fourth-order valence-electron chi connectivity index (χ4n) is 4.13. The van der Waals surface area contributed by atoms with E-state index < -0.39 is 10.0 Å². The van der Waals surface area contributed by atoms with Gasteiger partial charge in [-0.3, -0.25) is 9.59 Å². The van der Waals surface area contributed by atoms with E-state index in [2.05, 4.69) is 9.62 Å². The van der Waals surface area contributed by atoms with Crippen LogP contribution in [-0.2, 0) is 16.6 Å². The number of rotatable bonds is 7. The van der Waals surface area contributed by atoms with Crippen LogP contribution in [0.3, 0.4) is 0 Å². The van der Waals surface area contributed by atoms with Crippen LogP contribution in [0.25, 0.3) is 0 Å². The number of nitrogens with zero attached hydrogens (tertiary/aromatic N) is 2. The van der Waals surface area contributed by atoms with Gasteiger partial charge in [-0.2, -0.15) is 0 Å². The molecule has 1 saturated heterocycles. The van der Waals surface area contributed by atoms with Crippen molar-refractivity contribution in [3.8, 4) is 0 Å². The van der Waals surface area contributed by atoms with Crippen molar-refractivity contribution in [2.24, 2.45) is 0 Å². The second-order valence-electron chi connectivity index (χ2n) is 8.67. The number of benzene rings is 3. The summed E-state index contributed by atoms with van der Waals surface area (Å²) in [5.74, 6) is -0.155. The summed E-state index contributed by atoms with van der Waals surface area (Å²) in [5.41, 5.74) is 3.48. The molecule has 3 aromatic rings. The quantitative estimate of drug-likeness (QED) is 0.510. The predicted molar refractivity (Wildman–Crippen MR) is 136 cm³/mol. The van der Waals surface area contributed by atoms with Crippen LogP contribution < -0.4 is 9.62 Å². The largest absolute Gasteiger partial charge is 0.368 e. The molecule has 1 aliphatic heterocycles. The maximum atomic E-state index is 13.2. The average Bonchev–Trinajstić information content (AvgIpc) is 2.88. The van der Waals surface area contributed by atoms with Crippen molar-refractivity contribution in [2.75, 3.05) is 31.1 Å². The number of anilines is 1. The summed E-state index contributed by atoms with van der Waals surface area (Å²) in [7, 11) is -3.78. The third-order valence-corrected chi connectivity index (χ3v) is 7.78. The average molecular weight is 492 g/mol. The fraction of sp³-hybridized carbons (Fsp3) is 0.259. The topological polar surface area (TPSA) is 86.8 Å². The third-order valence-electron chi connectivity index (χ3n) is 6.24. The second-order valence-corrected chi connectivity index (χ2v) is 10.4. The number of Topliss-reactive ketones (excluding diaryl/α,β-unsaturated/α-hetero) is 1. The smallest absolute Gasteiger partial charge is 0.254 e. The Hall–Kier alpha value is -3.49. The van der Waals surface area contributed by atoms with Gasteiger partial charge in [-0.05, 0) is 61.4 Å². The standard InChI is InChI=1S/C27H29N3O4S/c1-20-8-9-24(18-26(20)35(33,34)28-19-22-6-4-3-5-7-22)27(32)30-16-14-29(15-17-30)25-12-10-23(11-13-25)21(2)31/h3-13,18,28H,14-17,19H2,1-2H3. The van der Waals surface area contributed by atoms with E-state index in [-0.39, 0.29) is 23.1 Å². The molecule has 4 rings (SSSR count). The minimum atomic E-state index is -3.78. The molecule has 3 aromatic carbocycles. The Bertz CT molecular complexity index is 1310. The fourth-order valence-corrected chi connectivity index (χ4v) is 5.42. The molecule has 1 fully saturated rings. The Balaban J connectivity index is 1.43. The van der Waals surface area contributed by atoms with Crippen LogP contribution >= 0.6 is 0 Å². The van der Waals surface area contributed by atoms with Crippen LogP contribution in [0.1, 0.15) is 38.8 Å². The van der Waals surface area contributed by atoms with Gasteiger partial charge in [0.1, 0.15) is 0 Å². The normalized spacial score (nSPS) is 14.1. The van der Waals surface area contributed by atoms with E-state index in [4.69, 9.17) is 0 Å². The molecule has 8 heteroatoms. The van der Waals surface area contributed by atoms with Crippen molar-refractivity contribution in [3.63, 3.8) is 0 Å². The van der Waals surface area contributed by atoms with Gasteiger partial charge < -0.3 is 9.80 Å². The molecule has 0 spiro atoms. The highest BCUT2D eigenvalue weighted by Gasteiger charge is 2.25. The molecule has 0 radical (unpaired) electrons. The number of ketones is 1. The summed E-state index contributed by atoms with van der Waals surface area (Å²) < 4.78 is 28.6. The molecule has 1 amide bonds. The lowest BCUT2D eigenvalue weighted by atomic mass is 10.1. The zero-order chi connectivity index (χ0) is 25.0. The van der Waals surface area contributed by atoms with Crippen LogP contribution in [0.15, 0.2) is 77.7 Å². The van der Waals surface area contributed by atoms with Gasteiger partial charge in [-0.15, -0.1) is 0 Å². The first-order valence-electron chi connectivity index (χ1n) is 11.5. The second kappa shape index (κ2) is 10.4. The number of piperazine rings is 1. The minimum Gasteiger partial charge on any atom is -0.368 e. The SMILES string of the molecule is CC(=O)c1ccc(N2CCN(C(=O)c3ccc(C)c(S(=O)(=O)NCc4ccccc4)c3)CC2)cc1. The van der Waals surface area contributed by atoms with Crippen LogP contribution in [0.4, 0.5) is 5.69 Å². The number of hydrogen-bond acceptors (Lipinski definition) is 5. The molecule has 35 heavy (non-hydrogen) atoms. The van der Waals surface area contributed by atoms with E-state index in [1.54, 1.807) is 30.9 Å². The van der Waals surface area contributed by atoms with Crippen molar-refractivity contribution in [3.05, 3.63) is 95.1 Å². The Morgan fingerprint density at radius 1 is 0.857 bits per heavy atom. The van der Waals surface area contributed by atoms with Gasteiger partial charge in [0.15, 0.2) is 5.78 Å². The lowest BCUT2D eigenvalue weighted by Gasteiger charge is -2.36. The van der Waals surface area contributed by atoms with Crippen LogP contribution in [0, 0.1) is 6.92 Å². The van der Waals surface area contributed by atoms with Gasteiger partial charge >= 0.3 is 0 Å². The van der Waals surface area contributed by atoms with E-state index >= 15 is 0 Å². The first-order chi connectivity index (χ1) is 16.7. The van der Waals surface area contributed by atoms with Crippen molar-refractivity contribution in [1.82, 2.24) is 9.62 Å². The first-order valence-corrected chi connectivity index (χ1v) is 13.0. The van der Waals surface area contributed by atoms with Gasteiger partial charge in [0.2, 0.25) is 10.0 Å². The number of carbonyl (C=O) groups is 2. The maximum absolute atomic E-state index is 13.2. The highest BCUT2D eigenvalue weighted by molar-refractivity contribution is 7.89. The molecular weight excluding hydrogens is 462 g/mol. The predicted octanol–water partition coefficient (Wildman–Crippen LogP) is 3.64. The summed E-state index contributed by atoms with van der Waals surface area (Å²) in [6, 6.07) is 21.6. The third kappa shape index (κ3) is 5.78. The molecule has 0 atom stereocenters. The molecule has 1 N–H and O–H groups in total. The van der Waals surface area contributed by atoms with Crippen molar-refractivity contribution < 1.29 is 18.0 Å². The summed E-state index contributed by atoms with van der Waals surface area (Å²) in [6.07, 6.45) is 0. The molecule has 1 heterocycles. The lowest BCUT2D eigenvalue weighted by Crippen LogP contribution is -2.48. The molecular formula is C27H29N3O4S. The number of sulfonamides is 1. The number of nitrogens with one attached hydrogen (secondary N) is 1. The molecule has 0 saturated carbocycles. The Labute approximate surface area is 206 Å². The van der Waals surface area contributed by atoms with Crippen LogP contribution in [0.5, 0.6) is 0 Å². The zero-order valence-electron chi connectivity index (χ0n) is 19.9. The van der Waals surface area contributed by atoms with Crippen molar-refractivity contribution in [2.45, 2.75) is 25.3 Å². The minimum absolute atomic E-state index is 0.0294. The summed E-state index contributed by atoms with van der Waals surface area (Å²) in [5, 5.41) is 0. The number of amides is 1. The summed E-state index contributed by atoms with van der Waals surface area (Å²) in [4.78, 5) is 28.7. The Morgan fingerprint density at radius 2 is 1.49 bits per heavy atom. The molecule has 0 unspecified atom stereocenters. The van der Waals surface area contributed by atoms with E-state index in [9.17, 15) is 18.0 Å². The molecule has 7 nitrogen and oxygen atoms in total. The number of aryl methyl sites for hydroxylation is 1. The highest BCUT2D eigenvalue weighted by atomic mass is 32.2. The maximum Gasteiger partial charge on any atom is 0.254 e. The van der Waals surface area contributed by atoms with Gasteiger partial charge in [0.25, 0.3) is 5.91 Å². The van der Waals surface area contributed by atoms with Gasteiger partial charge in [-0.1, -0.05) is 36.4 Å². The first kappa shape index (κ1) is 24.6. The Morgan fingerprint density at radius 3 is 2.11 bits per heavy atom. The number of hydrogen-bond donors (Lipinski definition) is 1. The number of carbonyl (C=O) groups excluding carboxylic acids is 2. The Kier molecular flexibility index (Phi) is 7.33. The lowest BCUT2D eigenvalue weighted by molar-refractivity contribution is 0.0746. The monoisotopic (exact) mass is 491 g/mol. The van der Waals surface area contributed by atoms with E-state index in [1.807, 2.05) is 54.6 Å². The molecule has 0 aromatic heterocycles. The van der Waals surface area contributed by atoms with E-state index in [0.717, 1.165) is 11.3 Å². The van der Waals surface area contributed by atoms with E-state index in [0.29, 0.717) is 42.9 Å². The summed E-state index contributed by atoms with van der Waals surface area (Å²) in [6.45, 7) is 5.80. The van der Waals surface area contributed by atoms with Gasteiger partial charge in [0.05, 0.1) is 4.90 Å². The molecule has 1 aliphatic rings. The van der Waals surface area contributed by atoms with Crippen molar-refractivity contribution in [1.29, 1.82) is 0 Å². The van der Waals surface area contributed by atoms with E-state index in [1.165, 1.54) is 6.07 Å².